The summed E-state index contributed by atoms with van der Waals surface area (Å²) in [4.78, 5) is 4.66. The smallest absolute Gasteiger partial charge is 0.123 e. The number of aliphatic hydroxyl groups excluding tert-OH is 1. The lowest BCUT2D eigenvalue weighted by molar-refractivity contribution is 0.251. The summed E-state index contributed by atoms with van der Waals surface area (Å²) >= 11 is 1.69. The summed E-state index contributed by atoms with van der Waals surface area (Å²) in [6, 6.07) is 10.3. The van der Waals surface area contributed by atoms with Gasteiger partial charge in [-0.1, -0.05) is 43.7 Å². The minimum absolute atomic E-state index is 0.273. The first-order valence-corrected chi connectivity index (χ1v) is 8.02. The molecular formula is C16H22N2OS. The molecular weight excluding hydrogens is 268 g/mol. The number of benzene rings is 1. The van der Waals surface area contributed by atoms with Gasteiger partial charge < -0.3 is 10.4 Å². The first-order chi connectivity index (χ1) is 9.83. The molecule has 0 fully saturated rings. The van der Waals surface area contributed by atoms with Crippen molar-refractivity contribution >= 4 is 11.3 Å². The number of aliphatic hydroxyl groups is 1. The van der Waals surface area contributed by atoms with E-state index in [0.717, 1.165) is 36.6 Å². The van der Waals surface area contributed by atoms with Crippen LogP contribution in [0.4, 0.5) is 0 Å². The van der Waals surface area contributed by atoms with Gasteiger partial charge in [-0.15, -0.1) is 11.3 Å². The summed E-state index contributed by atoms with van der Waals surface area (Å²) in [5.41, 5.74) is 2.27. The van der Waals surface area contributed by atoms with Crippen LogP contribution in [0.3, 0.4) is 0 Å². The molecule has 0 saturated heterocycles. The average molecular weight is 290 g/mol. The zero-order valence-corrected chi connectivity index (χ0v) is 12.7. The minimum Gasteiger partial charge on any atom is -0.396 e. The van der Waals surface area contributed by atoms with Gasteiger partial charge in [0, 0.05) is 24.1 Å². The highest BCUT2D eigenvalue weighted by Crippen LogP contribution is 2.23. The van der Waals surface area contributed by atoms with Crippen LogP contribution in [-0.2, 0) is 6.54 Å². The fourth-order valence-electron chi connectivity index (χ4n) is 2.14. The number of hydrogen-bond acceptors (Lipinski definition) is 4. The van der Waals surface area contributed by atoms with E-state index in [0.29, 0.717) is 5.92 Å². The Balaban J connectivity index is 1.84. The van der Waals surface area contributed by atoms with Crippen LogP contribution < -0.4 is 5.32 Å². The molecule has 2 N–H and O–H groups in total. The van der Waals surface area contributed by atoms with Crippen molar-refractivity contribution in [3.8, 4) is 10.6 Å². The maximum atomic E-state index is 8.98. The fourth-order valence-corrected chi connectivity index (χ4v) is 2.96. The van der Waals surface area contributed by atoms with E-state index in [-0.39, 0.29) is 6.61 Å². The van der Waals surface area contributed by atoms with Crippen molar-refractivity contribution < 1.29 is 5.11 Å². The number of rotatable bonds is 8. The van der Waals surface area contributed by atoms with E-state index >= 15 is 0 Å². The van der Waals surface area contributed by atoms with Crippen molar-refractivity contribution in [2.45, 2.75) is 26.3 Å². The average Bonchev–Trinajstić information content (AvgIpc) is 2.96. The van der Waals surface area contributed by atoms with Crippen LogP contribution in [0.15, 0.2) is 35.7 Å². The topological polar surface area (TPSA) is 45.1 Å². The Morgan fingerprint density at radius 3 is 2.80 bits per heavy atom. The predicted molar refractivity (Wildman–Crippen MR) is 84.7 cm³/mol. The lowest BCUT2D eigenvalue weighted by atomic mass is 10.0. The molecule has 1 aromatic heterocycles. The van der Waals surface area contributed by atoms with Gasteiger partial charge in [0.25, 0.3) is 0 Å². The van der Waals surface area contributed by atoms with E-state index in [1.54, 1.807) is 11.3 Å². The summed E-state index contributed by atoms with van der Waals surface area (Å²) in [6.07, 6.45) is 1.97. The molecule has 3 nitrogen and oxygen atoms in total. The second kappa shape index (κ2) is 8.15. The van der Waals surface area contributed by atoms with Crippen LogP contribution in [-0.4, -0.2) is 23.2 Å². The number of thiazole rings is 1. The molecule has 1 heterocycles. The molecule has 1 unspecified atom stereocenters. The highest BCUT2D eigenvalue weighted by Gasteiger charge is 2.07. The van der Waals surface area contributed by atoms with Crippen molar-refractivity contribution in [3.05, 3.63) is 41.4 Å². The molecule has 0 amide bonds. The zero-order chi connectivity index (χ0) is 14.2. The van der Waals surface area contributed by atoms with Gasteiger partial charge in [-0.3, -0.25) is 0 Å². The maximum absolute atomic E-state index is 8.98. The van der Waals surface area contributed by atoms with Crippen LogP contribution >= 0.6 is 11.3 Å². The molecule has 108 valence electrons. The highest BCUT2D eigenvalue weighted by atomic mass is 32.1. The third-order valence-corrected chi connectivity index (χ3v) is 4.37. The molecule has 2 aromatic rings. The normalized spacial score (nSPS) is 12.5. The molecule has 2 rings (SSSR count). The highest BCUT2D eigenvalue weighted by molar-refractivity contribution is 7.13. The summed E-state index contributed by atoms with van der Waals surface area (Å²) in [6.45, 7) is 4.17. The van der Waals surface area contributed by atoms with E-state index in [1.165, 1.54) is 5.56 Å². The third kappa shape index (κ3) is 4.40. The second-order valence-electron chi connectivity index (χ2n) is 4.93. The lowest BCUT2D eigenvalue weighted by Gasteiger charge is -2.13. The molecule has 1 atom stereocenters. The van der Waals surface area contributed by atoms with Crippen LogP contribution in [0.2, 0.25) is 0 Å². The van der Waals surface area contributed by atoms with Crippen LogP contribution in [0.5, 0.6) is 0 Å². The lowest BCUT2D eigenvalue weighted by Crippen LogP contribution is -2.23. The predicted octanol–water partition coefficient (Wildman–Crippen LogP) is 3.31. The van der Waals surface area contributed by atoms with Crippen molar-refractivity contribution in [1.82, 2.24) is 10.3 Å². The standard InChI is InChI=1S/C16H22N2OS/c1-2-13(8-9-19)10-17-11-15-12-20-16(18-15)14-6-4-3-5-7-14/h3-7,12-13,17,19H,2,8-11H2,1H3. The summed E-state index contributed by atoms with van der Waals surface area (Å²) in [5.74, 6) is 0.548. The van der Waals surface area contributed by atoms with Gasteiger partial charge in [0.05, 0.1) is 5.69 Å². The largest absolute Gasteiger partial charge is 0.396 e. The monoisotopic (exact) mass is 290 g/mol. The maximum Gasteiger partial charge on any atom is 0.123 e. The van der Waals surface area contributed by atoms with E-state index in [2.05, 4.69) is 34.7 Å². The Bertz CT molecular complexity index is 498. The van der Waals surface area contributed by atoms with Crippen molar-refractivity contribution in [2.75, 3.05) is 13.2 Å². The van der Waals surface area contributed by atoms with Gasteiger partial charge in [0.1, 0.15) is 5.01 Å². The Morgan fingerprint density at radius 2 is 2.10 bits per heavy atom. The minimum atomic E-state index is 0.273. The van der Waals surface area contributed by atoms with E-state index in [4.69, 9.17) is 5.11 Å². The number of nitrogens with one attached hydrogen (secondary N) is 1. The summed E-state index contributed by atoms with van der Waals surface area (Å²) in [5, 5.41) is 15.6. The molecule has 0 aliphatic carbocycles. The van der Waals surface area contributed by atoms with E-state index in [1.807, 2.05) is 18.2 Å². The molecule has 0 saturated carbocycles. The molecule has 0 aliphatic heterocycles. The molecule has 1 aromatic carbocycles. The Hall–Kier alpha value is -1.23. The SMILES string of the molecule is CCC(CCO)CNCc1csc(-c2ccccc2)n1. The van der Waals surface area contributed by atoms with Crippen LogP contribution in [0.1, 0.15) is 25.5 Å². The van der Waals surface area contributed by atoms with Crippen LogP contribution in [0, 0.1) is 5.92 Å². The quantitative estimate of drug-likeness (QED) is 0.784. The van der Waals surface area contributed by atoms with Crippen LogP contribution in [0.25, 0.3) is 10.6 Å². The van der Waals surface area contributed by atoms with Gasteiger partial charge in [-0.05, 0) is 18.9 Å². The fraction of sp³-hybridized carbons (Fsp3) is 0.438. The third-order valence-electron chi connectivity index (χ3n) is 3.43. The van der Waals surface area contributed by atoms with Crippen molar-refractivity contribution in [1.29, 1.82) is 0 Å². The van der Waals surface area contributed by atoms with Gasteiger partial charge >= 0.3 is 0 Å². The van der Waals surface area contributed by atoms with Gasteiger partial charge in [-0.25, -0.2) is 4.98 Å². The molecule has 0 bridgehead atoms. The van der Waals surface area contributed by atoms with Crippen molar-refractivity contribution in [2.24, 2.45) is 5.92 Å². The zero-order valence-electron chi connectivity index (χ0n) is 11.9. The number of aromatic nitrogens is 1. The Labute approximate surface area is 124 Å². The van der Waals surface area contributed by atoms with E-state index in [9.17, 15) is 0 Å². The number of nitrogens with zero attached hydrogens (tertiary/aromatic N) is 1. The Morgan fingerprint density at radius 1 is 1.30 bits per heavy atom. The summed E-state index contributed by atoms with van der Waals surface area (Å²) < 4.78 is 0. The first kappa shape index (κ1) is 15.2. The second-order valence-corrected chi connectivity index (χ2v) is 5.79. The van der Waals surface area contributed by atoms with Gasteiger partial charge in [-0.2, -0.15) is 0 Å². The first-order valence-electron chi connectivity index (χ1n) is 7.15. The molecule has 0 aliphatic rings. The Kier molecular flexibility index (Phi) is 6.18. The summed E-state index contributed by atoms with van der Waals surface area (Å²) in [7, 11) is 0. The number of hydrogen-bond donors (Lipinski definition) is 2. The van der Waals surface area contributed by atoms with Gasteiger partial charge in [0.15, 0.2) is 0 Å². The van der Waals surface area contributed by atoms with E-state index < -0.39 is 0 Å². The molecule has 0 spiro atoms. The van der Waals surface area contributed by atoms with Crippen molar-refractivity contribution in [3.63, 3.8) is 0 Å². The molecule has 4 heteroatoms. The van der Waals surface area contributed by atoms with Gasteiger partial charge in [0.2, 0.25) is 0 Å². The molecule has 0 radical (unpaired) electrons. The molecule has 20 heavy (non-hydrogen) atoms.